The first-order valence-electron chi connectivity index (χ1n) is 10.7. The van der Waals surface area contributed by atoms with E-state index in [0.717, 1.165) is 17.7 Å². The average Bonchev–Trinajstić information content (AvgIpc) is 2.83. The molecule has 0 atom stereocenters. The summed E-state index contributed by atoms with van der Waals surface area (Å²) in [5.74, 6) is -1.77. The molecule has 3 aromatic rings. The number of nitrogens with one attached hydrogen (secondary N) is 4. The molecule has 0 unspecified atom stereocenters. The zero-order chi connectivity index (χ0) is 25.6. The van der Waals surface area contributed by atoms with Crippen molar-refractivity contribution in [2.75, 3.05) is 5.32 Å². The summed E-state index contributed by atoms with van der Waals surface area (Å²) in [5.41, 5.74) is 7.51. The second kappa shape index (κ2) is 10.9. The summed E-state index contributed by atoms with van der Waals surface area (Å²) in [6, 6.07) is 18.6. The molecule has 0 saturated heterocycles. The number of rotatable bonds is 4. The van der Waals surface area contributed by atoms with E-state index in [9.17, 15) is 18.8 Å². The SMILES string of the molecule is CC(C)(C)c1ccc(C(=O)Nc2ccc(C(=O)NNC(=S)NC(=O)c3ccc(F)cc3)cc2)cc1. The molecule has 0 aromatic heterocycles. The van der Waals surface area contributed by atoms with Crippen molar-refractivity contribution in [2.45, 2.75) is 26.2 Å². The van der Waals surface area contributed by atoms with E-state index in [1.165, 1.54) is 24.3 Å². The summed E-state index contributed by atoms with van der Waals surface area (Å²) in [4.78, 5) is 36.9. The Morgan fingerprint density at radius 3 is 1.74 bits per heavy atom. The number of hydrazine groups is 1. The molecule has 9 heteroatoms. The van der Waals surface area contributed by atoms with Crippen LogP contribution < -0.4 is 21.5 Å². The quantitative estimate of drug-likeness (QED) is 0.321. The highest BCUT2D eigenvalue weighted by Crippen LogP contribution is 2.22. The van der Waals surface area contributed by atoms with E-state index in [1.807, 2.05) is 12.1 Å². The molecule has 3 amide bonds. The lowest BCUT2D eigenvalue weighted by molar-refractivity contribution is 0.0934. The summed E-state index contributed by atoms with van der Waals surface area (Å²) < 4.78 is 13.0. The number of amides is 3. The minimum Gasteiger partial charge on any atom is -0.322 e. The fraction of sp³-hybridized carbons (Fsp3) is 0.154. The van der Waals surface area contributed by atoms with Crippen molar-refractivity contribution < 1.29 is 18.8 Å². The molecule has 0 heterocycles. The Labute approximate surface area is 208 Å². The lowest BCUT2D eigenvalue weighted by Crippen LogP contribution is -2.48. The van der Waals surface area contributed by atoms with Crippen LogP contribution in [0.25, 0.3) is 0 Å². The maximum absolute atomic E-state index is 13.0. The number of halogens is 1. The van der Waals surface area contributed by atoms with Crippen molar-refractivity contribution in [1.82, 2.24) is 16.2 Å². The summed E-state index contributed by atoms with van der Waals surface area (Å²) in [6.45, 7) is 6.31. The highest BCUT2D eigenvalue weighted by molar-refractivity contribution is 7.80. The Bertz CT molecular complexity index is 1240. The number of carbonyl (C=O) groups is 3. The molecule has 180 valence electrons. The molecule has 3 rings (SSSR count). The van der Waals surface area contributed by atoms with Gasteiger partial charge in [-0.15, -0.1) is 0 Å². The van der Waals surface area contributed by atoms with Gasteiger partial charge in [-0.3, -0.25) is 30.6 Å². The standard InChI is InChI=1S/C26H25FN4O3S/c1-26(2,3)19-10-4-16(5-11-19)22(32)28-21-14-8-18(9-15-21)24(34)30-31-25(35)29-23(33)17-6-12-20(27)13-7-17/h4-15H,1-3H3,(H,28,32)(H,30,34)(H2,29,31,33,35). The van der Waals surface area contributed by atoms with Crippen molar-refractivity contribution in [3.8, 4) is 0 Å². The zero-order valence-corrected chi connectivity index (χ0v) is 20.3. The van der Waals surface area contributed by atoms with Crippen molar-refractivity contribution in [2.24, 2.45) is 0 Å². The van der Waals surface area contributed by atoms with E-state index < -0.39 is 17.6 Å². The second-order valence-corrected chi connectivity index (χ2v) is 9.14. The van der Waals surface area contributed by atoms with Crippen LogP contribution >= 0.6 is 12.2 Å². The summed E-state index contributed by atoms with van der Waals surface area (Å²) >= 11 is 4.99. The second-order valence-electron chi connectivity index (χ2n) is 8.73. The van der Waals surface area contributed by atoms with Gasteiger partial charge < -0.3 is 5.32 Å². The van der Waals surface area contributed by atoms with Crippen LogP contribution in [0.5, 0.6) is 0 Å². The Morgan fingerprint density at radius 1 is 0.686 bits per heavy atom. The topological polar surface area (TPSA) is 99.3 Å². The summed E-state index contributed by atoms with van der Waals surface area (Å²) in [6.07, 6.45) is 0. The Kier molecular flexibility index (Phi) is 7.93. The molecule has 0 fully saturated rings. The van der Waals surface area contributed by atoms with Crippen LogP contribution in [-0.4, -0.2) is 22.8 Å². The van der Waals surface area contributed by atoms with E-state index >= 15 is 0 Å². The number of hydrogen-bond acceptors (Lipinski definition) is 4. The van der Waals surface area contributed by atoms with Gasteiger partial charge in [-0.2, -0.15) is 0 Å². The van der Waals surface area contributed by atoms with Gasteiger partial charge in [0, 0.05) is 22.4 Å². The molecule has 0 aliphatic carbocycles. The first-order valence-corrected chi connectivity index (χ1v) is 11.1. The van der Waals surface area contributed by atoms with Crippen LogP contribution in [0.15, 0.2) is 72.8 Å². The molecule has 7 nitrogen and oxygen atoms in total. The van der Waals surface area contributed by atoms with Crippen molar-refractivity contribution in [3.63, 3.8) is 0 Å². The third kappa shape index (κ3) is 7.18. The zero-order valence-electron chi connectivity index (χ0n) is 19.4. The molecular formula is C26H25FN4O3S. The van der Waals surface area contributed by atoms with Crippen LogP contribution in [0, 0.1) is 5.82 Å². The molecule has 3 aromatic carbocycles. The van der Waals surface area contributed by atoms with E-state index in [4.69, 9.17) is 12.2 Å². The maximum Gasteiger partial charge on any atom is 0.269 e. The van der Waals surface area contributed by atoms with E-state index in [1.54, 1.807) is 24.3 Å². The Morgan fingerprint density at radius 2 is 1.17 bits per heavy atom. The molecule has 0 saturated carbocycles. The first kappa shape index (κ1) is 25.5. The van der Waals surface area contributed by atoms with Gasteiger partial charge in [0.2, 0.25) is 0 Å². The predicted molar refractivity (Wildman–Crippen MR) is 137 cm³/mol. The predicted octanol–water partition coefficient (Wildman–Crippen LogP) is 4.32. The average molecular weight is 493 g/mol. The highest BCUT2D eigenvalue weighted by atomic mass is 32.1. The monoisotopic (exact) mass is 492 g/mol. The van der Waals surface area contributed by atoms with E-state index in [-0.39, 0.29) is 22.0 Å². The normalized spacial score (nSPS) is 10.7. The van der Waals surface area contributed by atoms with E-state index in [0.29, 0.717) is 16.8 Å². The van der Waals surface area contributed by atoms with E-state index in [2.05, 4.69) is 42.3 Å². The van der Waals surface area contributed by atoms with Gasteiger partial charge in [-0.1, -0.05) is 32.9 Å². The fourth-order valence-corrected chi connectivity index (χ4v) is 3.17. The van der Waals surface area contributed by atoms with Crippen LogP contribution in [0.3, 0.4) is 0 Å². The lowest BCUT2D eigenvalue weighted by atomic mass is 9.87. The van der Waals surface area contributed by atoms with Gasteiger partial charge in [0.25, 0.3) is 17.7 Å². The largest absolute Gasteiger partial charge is 0.322 e. The van der Waals surface area contributed by atoms with Crippen LogP contribution in [0.1, 0.15) is 57.4 Å². The van der Waals surface area contributed by atoms with Gasteiger partial charge >= 0.3 is 0 Å². The number of carbonyl (C=O) groups excluding carboxylic acids is 3. The third-order valence-electron chi connectivity index (χ3n) is 5.04. The van der Waals surface area contributed by atoms with Crippen LogP contribution in [0.4, 0.5) is 10.1 Å². The molecule has 0 bridgehead atoms. The molecule has 0 spiro atoms. The van der Waals surface area contributed by atoms with Gasteiger partial charge in [-0.05, 0) is 83.9 Å². The molecule has 35 heavy (non-hydrogen) atoms. The van der Waals surface area contributed by atoms with Gasteiger partial charge in [0.15, 0.2) is 5.11 Å². The van der Waals surface area contributed by atoms with Crippen molar-refractivity contribution in [3.05, 3.63) is 101 Å². The summed E-state index contributed by atoms with van der Waals surface area (Å²) in [5, 5.41) is 5.04. The first-order chi connectivity index (χ1) is 16.5. The minimum atomic E-state index is -0.551. The number of thiocarbonyl (C=S) groups is 1. The minimum absolute atomic E-state index is 0.00179. The van der Waals surface area contributed by atoms with Crippen LogP contribution in [0.2, 0.25) is 0 Å². The molecule has 0 radical (unpaired) electrons. The van der Waals surface area contributed by atoms with Gasteiger partial charge in [0.1, 0.15) is 5.82 Å². The number of anilines is 1. The molecule has 4 N–H and O–H groups in total. The van der Waals surface area contributed by atoms with Gasteiger partial charge in [0.05, 0.1) is 0 Å². The highest BCUT2D eigenvalue weighted by Gasteiger charge is 2.15. The fourth-order valence-electron chi connectivity index (χ4n) is 3.02. The van der Waals surface area contributed by atoms with Crippen molar-refractivity contribution in [1.29, 1.82) is 0 Å². The molecular weight excluding hydrogens is 467 g/mol. The smallest absolute Gasteiger partial charge is 0.269 e. The maximum atomic E-state index is 13.0. The third-order valence-corrected chi connectivity index (χ3v) is 5.25. The van der Waals surface area contributed by atoms with Crippen molar-refractivity contribution >= 4 is 40.7 Å². The molecule has 0 aliphatic rings. The summed E-state index contributed by atoms with van der Waals surface area (Å²) in [7, 11) is 0. The number of hydrogen-bond donors (Lipinski definition) is 4. The van der Waals surface area contributed by atoms with Gasteiger partial charge in [-0.25, -0.2) is 4.39 Å². The Hall–Kier alpha value is -4.11. The molecule has 0 aliphatic heterocycles. The Balaban J connectivity index is 1.50. The van der Waals surface area contributed by atoms with Crippen LogP contribution in [-0.2, 0) is 5.41 Å². The lowest BCUT2D eigenvalue weighted by Gasteiger charge is -2.19. The number of benzene rings is 3.